The van der Waals surface area contributed by atoms with E-state index in [0.29, 0.717) is 0 Å². The summed E-state index contributed by atoms with van der Waals surface area (Å²) in [6.07, 6.45) is 1.58. The fourth-order valence-corrected chi connectivity index (χ4v) is 1.92. The lowest BCUT2D eigenvalue weighted by Crippen LogP contribution is -2.25. The van der Waals surface area contributed by atoms with E-state index < -0.39 is 0 Å². The molecule has 5 nitrogen and oxygen atoms in total. The zero-order valence-corrected chi connectivity index (χ0v) is 13.6. The van der Waals surface area contributed by atoms with Gasteiger partial charge in [-0.2, -0.15) is 5.10 Å². The van der Waals surface area contributed by atoms with Gasteiger partial charge in [-0.3, -0.25) is 4.79 Å². The molecule has 0 saturated heterocycles. The average molecular weight is 362 g/mol. The Morgan fingerprint density at radius 2 is 1.86 bits per heavy atom. The first kappa shape index (κ1) is 16.0. The monoisotopic (exact) mass is 361 g/mol. The van der Waals surface area contributed by atoms with E-state index in [0.717, 1.165) is 21.5 Å². The standard InChI is InChI=1S/C16H16BrN3O2/c1-22-15-8-2-12(3-9-15)10-19-20-16(21)11-18-14-6-4-13(17)5-7-14/h2-10,18H,11H2,1H3,(H,20,21)/b19-10-. The first-order valence-corrected chi connectivity index (χ1v) is 7.42. The topological polar surface area (TPSA) is 62.7 Å². The summed E-state index contributed by atoms with van der Waals surface area (Å²) in [5, 5.41) is 6.92. The number of hydrogen-bond donors (Lipinski definition) is 2. The Balaban J connectivity index is 1.76. The molecular weight excluding hydrogens is 346 g/mol. The number of hydrogen-bond acceptors (Lipinski definition) is 4. The molecule has 0 saturated carbocycles. The smallest absolute Gasteiger partial charge is 0.259 e. The highest BCUT2D eigenvalue weighted by atomic mass is 79.9. The van der Waals surface area contributed by atoms with Gasteiger partial charge in [0.05, 0.1) is 19.9 Å². The van der Waals surface area contributed by atoms with Crippen molar-refractivity contribution in [3.63, 3.8) is 0 Å². The minimum Gasteiger partial charge on any atom is -0.497 e. The van der Waals surface area contributed by atoms with E-state index in [2.05, 4.69) is 31.8 Å². The third-order valence-electron chi connectivity index (χ3n) is 2.82. The molecule has 0 aliphatic heterocycles. The lowest BCUT2D eigenvalue weighted by molar-refractivity contribution is -0.119. The first-order chi connectivity index (χ1) is 10.7. The number of carbonyl (C=O) groups is 1. The van der Waals surface area contributed by atoms with Crippen molar-refractivity contribution in [1.29, 1.82) is 0 Å². The van der Waals surface area contributed by atoms with Gasteiger partial charge in [-0.05, 0) is 54.1 Å². The van der Waals surface area contributed by atoms with Crippen LogP contribution in [0.25, 0.3) is 0 Å². The normalized spacial score (nSPS) is 10.5. The largest absolute Gasteiger partial charge is 0.497 e. The number of halogens is 1. The van der Waals surface area contributed by atoms with Crippen LogP contribution in [0.15, 0.2) is 58.1 Å². The fourth-order valence-electron chi connectivity index (χ4n) is 1.66. The molecule has 0 fully saturated rings. The van der Waals surface area contributed by atoms with Gasteiger partial charge in [0, 0.05) is 10.2 Å². The number of methoxy groups -OCH3 is 1. The summed E-state index contributed by atoms with van der Waals surface area (Å²) in [6, 6.07) is 15.0. The SMILES string of the molecule is COc1ccc(/C=N\NC(=O)CNc2ccc(Br)cc2)cc1. The second-order valence-corrected chi connectivity index (χ2v) is 5.34. The predicted octanol–water partition coefficient (Wildman–Crippen LogP) is 3.02. The highest BCUT2D eigenvalue weighted by molar-refractivity contribution is 9.10. The van der Waals surface area contributed by atoms with E-state index in [4.69, 9.17) is 4.74 Å². The molecule has 0 radical (unpaired) electrons. The zero-order chi connectivity index (χ0) is 15.8. The van der Waals surface area contributed by atoms with Crippen LogP contribution in [0.3, 0.4) is 0 Å². The third kappa shape index (κ3) is 5.21. The molecular formula is C16H16BrN3O2. The highest BCUT2D eigenvalue weighted by Crippen LogP contribution is 2.13. The zero-order valence-electron chi connectivity index (χ0n) is 12.0. The number of ether oxygens (including phenoxy) is 1. The van der Waals surface area contributed by atoms with Gasteiger partial charge in [0.25, 0.3) is 5.91 Å². The van der Waals surface area contributed by atoms with Crippen LogP contribution in [0, 0.1) is 0 Å². The fraction of sp³-hybridized carbons (Fsp3) is 0.125. The number of nitrogens with one attached hydrogen (secondary N) is 2. The van der Waals surface area contributed by atoms with E-state index >= 15 is 0 Å². The van der Waals surface area contributed by atoms with Crippen molar-refractivity contribution in [2.24, 2.45) is 5.10 Å². The number of anilines is 1. The van der Waals surface area contributed by atoms with Crippen LogP contribution in [0.4, 0.5) is 5.69 Å². The number of nitrogens with zero attached hydrogens (tertiary/aromatic N) is 1. The van der Waals surface area contributed by atoms with E-state index in [1.807, 2.05) is 48.5 Å². The molecule has 114 valence electrons. The Kier molecular flexibility index (Phi) is 5.97. The number of benzene rings is 2. The number of amides is 1. The number of carbonyl (C=O) groups excluding carboxylic acids is 1. The number of rotatable bonds is 6. The van der Waals surface area contributed by atoms with E-state index in [-0.39, 0.29) is 12.5 Å². The minimum absolute atomic E-state index is 0.154. The Labute approximate surface area is 137 Å². The summed E-state index contributed by atoms with van der Waals surface area (Å²) >= 11 is 3.36. The van der Waals surface area contributed by atoms with Crippen molar-refractivity contribution in [2.75, 3.05) is 19.0 Å². The third-order valence-corrected chi connectivity index (χ3v) is 3.34. The van der Waals surface area contributed by atoms with Crippen molar-refractivity contribution < 1.29 is 9.53 Å². The summed E-state index contributed by atoms with van der Waals surface area (Å²) in [4.78, 5) is 11.7. The first-order valence-electron chi connectivity index (χ1n) is 6.63. The average Bonchev–Trinajstić information content (AvgIpc) is 2.55. The van der Waals surface area contributed by atoms with Crippen LogP contribution in [0.5, 0.6) is 5.75 Å². The molecule has 22 heavy (non-hydrogen) atoms. The lowest BCUT2D eigenvalue weighted by atomic mass is 10.2. The molecule has 2 rings (SSSR count). The van der Waals surface area contributed by atoms with Gasteiger partial charge in [-0.15, -0.1) is 0 Å². The molecule has 0 aliphatic carbocycles. The van der Waals surface area contributed by atoms with E-state index in [1.54, 1.807) is 13.3 Å². The molecule has 0 aliphatic rings. The molecule has 2 aromatic carbocycles. The van der Waals surface area contributed by atoms with Crippen molar-refractivity contribution in [3.05, 3.63) is 58.6 Å². The maximum atomic E-state index is 11.7. The van der Waals surface area contributed by atoms with Crippen LogP contribution >= 0.6 is 15.9 Å². The molecule has 2 aromatic rings. The van der Waals surface area contributed by atoms with Crippen LogP contribution in [0.1, 0.15) is 5.56 Å². The molecule has 0 aromatic heterocycles. The summed E-state index contributed by atoms with van der Waals surface area (Å²) in [7, 11) is 1.61. The van der Waals surface area contributed by atoms with Crippen molar-refractivity contribution in [2.45, 2.75) is 0 Å². The Hall–Kier alpha value is -2.34. The Morgan fingerprint density at radius 3 is 2.50 bits per heavy atom. The van der Waals surface area contributed by atoms with Gasteiger partial charge in [0.15, 0.2) is 0 Å². The second-order valence-electron chi connectivity index (χ2n) is 4.43. The minimum atomic E-state index is -0.215. The van der Waals surface area contributed by atoms with Crippen LogP contribution in [-0.4, -0.2) is 25.8 Å². The molecule has 2 N–H and O–H groups in total. The Morgan fingerprint density at radius 1 is 1.18 bits per heavy atom. The molecule has 0 spiro atoms. The molecule has 0 unspecified atom stereocenters. The lowest BCUT2D eigenvalue weighted by Gasteiger charge is -2.05. The van der Waals surface area contributed by atoms with Crippen LogP contribution < -0.4 is 15.5 Å². The molecule has 1 amide bonds. The van der Waals surface area contributed by atoms with Crippen molar-refractivity contribution >= 4 is 33.7 Å². The molecule has 0 atom stereocenters. The van der Waals surface area contributed by atoms with Crippen molar-refractivity contribution in [3.8, 4) is 5.75 Å². The maximum absolute atomic E-state index is 11.7. The predicted molar refractivity (Wildman–Crippen MR) is 91.4 cm³/mol. The van der Waals surface area contributed by atoms with Crippen LogP contribution in [0.2, 0.25) is 0 Å². The molecule has 6 heteroatoms. The second kappa shape index (κ2) is 8.19. The van der Waals surface area contributed by atoms with Gasteiger partial charge in [-0.1, -0.05) is 15.9 Å². The van der Waals surface area contributed by atoms with Gasteiger partial charge < -0.3 is 10.1 Å². The maximum Gasteiger partial charge on any atom is 0.259 e. The number of hydrazone groups is 1. The van der Waals surface area contributed by atoms with Gasteiger partial charge in [0.1, 0.15) is 5.75 Å². The molecule has 0 heterocycles. The van der Waals surface area contributed by atoms with Gasteiger partial charge in [-0.25, -0.2) is 5.43 Å². The van der Waals surface area contributed by atoms with Gasteiger partial charge in [0.2, 0.25) is 0 Å². The van der Waals surface area contributed by atoms with Crippen LogP contribution in [-0.2, 0) is 4.79 Å². The summed E-state index contributed by atoms with van der Waals surface area (Å²) < 4.78 is 6.06. The van der Waals surface area contributed by atoms with Crippen molar-refractivity contribution in [1.82, 2.24) is 5.43 Å². The van der Waals surface area contributed by atoms with E-state index in [1.165, 1.54) is 0 Å². The highest BCUT2D eigenvalue weighted by Gasteiger charge is 1.99. The molecule has 0 bridgehead atoms. The van der Waals surface area contributed by atoms with E-state index in [9.17, 15) is 4.79 Å². The summed E-state index contributed by atoms with van der Waals surface area (Å²) in [5.74, 6) is 0.563. The summed E-state index contributed by atoms with van der Waals surface area (Å²) in [5.41, 5.74) is 4.22. The van der Waals surface area contributed by atoms with Gasteiger partial charge >= 0.3 is 0 Å². The quantitative estimate of drug-likeness (QED) is 0.613. The Bertz CT molecular complexity index is 639. The summed E-state index contributed by atoms with van der Waals surface area (Å²) in [6.45, 7) is 0.154.